The quantitative estimate of drug-likeness (QED) is 0.632. The van der Waals surface area contributed by atoms with Gasteiger partial charge in [0.05, 0.1) is 13.2 Å². The summed E-state index contributed by atoms with van der Waals surface area (Å²) < 4.78 is 9.25. The smallest absolute Gasteiger partial charge is 0.330 e. The minimum absolute atomic E-state index is 0.176. The fourth-order valence-electron chi connectivity index (χ4n) is 0.433. The fourth-order valence-corrected chi connectivity index (χ4v) is 0.433. The molecule has 0 aliphatic rings. The van der Waals surface area contributed by atoms with Crippen molar-refractivity contribution in [3.8, 4) is 0 Å². The number of carbonyl (C=O) groups is 1. The molecular weight excluding hydrogens is 188 g/mol. The van der Waals surface area contributed by atoms with E-state index in [0.717, 1.165) is 0 Å². The normalized spacial score (nSPS) is 9.21. The van der Waals surface area contributed by atoms with Crippen molar-refractivity contribution in [1.29, 1.82) is 0 Å². The van der Waals surface area contributed by atoms with Crippen LogP contribution in [0.25, 0.3) is 0 Å². The molecule has 0 spiro atoms. The first-order valence-electron chi connectivity index (χ1n) is 4.00. The van der Waals surface area contributed by atoms with E-state index in [9.17, 15) is 4.79 Å². The van der Waals surface area contributed by atoms with Gasteiger partial charge in [-0.15, -0.1) is 0 Å². The summed E-state index contributed by atoms with van der Waals surface area (Å²) in [7, 11) is 3.08. The molecule has 0 heterocycles. The summed E-state index contributed by atoms with van der Waals surface area (Å²) in [5.74, 6) is -0.935. The first-order valence-corrected chi connectivity index (χ1v) is 4.00. The Morgan fingerprint density at radius 1 is 1.36 bits per heavy atom. The van der Waals surface area contributed by atoms with Gasteiger partial charge in [0.25, 0.3) is 0 Å². The highest BCUT2D eigenvalue weighted by atomic mass is 16.5. The van der Waals surface area contributed by atoms with Crippen LogP contribution in [-0.4, -0.2) is 49.7 Å². The van der Waals surface area contributed by atoms with Gasteiger partial charge >= 0.3 is 5.97 Å². The van der Waals surface area contributed by atoms with Crippen LogP contribution in [0.4, 0.5) is 0 Å². The molecule has 0 saturated heterocycles. The van der Waals surface area contributed by atoms with E-state index in [2.05, 4.69) is 16.1 Å². The molecule has 0 aliphatic heterocycles. The van der Waals surface area contributed by atoms with Gasteiger partial charge in [-0.25, -0.2) is 4.79 Å². The van der Waals surface area contributed by atoms with Crippen molar-refractivity contribution in [2.24, 2.45) is 0 Å². The van der Waals surface area contributed by atoms with E-state index in [1.807, 2.05) is 0 Å². The molecule has 0 saturated carbocycles. The zero-order valence-electron chi connectivity index (χ0n) is 8.82. The maximum Gasteiger partial charge on any atom is 0.330 e. The summed E-state index contributed by atoms with van der Waals surface area (Å²) in [5, 5.41) is 16.7. The highest BCUT2D eigenvalue weighted by Gasteiger charge is 1.99. The van der Waals surface area contributed by atoms with Gasteiger partial charge in [-0.3, -0.25) is 0 Å². The Morgan fingerprint density at radius 2 is 1.64 bits per heavy atom. The van der Waals surface area contributed by atoms with Gasteiger partial charge < -0.3 is 19.7 Å². The molecule has 84 valence electrons. The van der Waals surface area contributed by atoms with Gasteiger partial charge in [0.1, 0.15) is 6.10 Å². The van der Waals surface area contributed by atoms with Gasteiger partial charge in [0, 0.05) is 19.8 Å². The van der Waals surface area contributed by atoms with Crippen molar-refractivity contribution < 1.29 is 24.5 Å². The van der Waals surface area contributed by atoms with Gasteiger partial charge in [-0.05, 0) is 6.92 Å². The van der Waals surface area contributed by atoms with Gasteiger partial charge in [0.15, 0.2) is 0 Å². The molecule has 0 aromatic heterocycles. The van der Waals surface area contributed by atoms with E-state index < -0.39 is 12.1 Å². The van der Waals surface area contributed by atoms with Gasteiger partial charge in [0.2, 0.25) is 0 Å². The number of aliphatic hydroxyl groups excluding tert-OH is 1. The topological polar surface area (TPSA) is 76.0 Å². The summed E-state index contributed by atoms with van der Waals surface area (Å²) in [6.07, 6.45) is -0.481. The maximum atomic E-state index is 9.60. The molecule has 0 amide bonds. The Balaban J connectivity index is 0. The summed E-state index contributed by atoms with van der Waals surface area (Å²) in [6, 6.07) is 0. The first-order chi connectivity index (χ1) is 6.45. The van der Waals surface area contributed by atoms with Crippen LogP contribution >= 0.6 is 0 Å². The largest absolute Gasteiger partial charge is 0.478 e. The number of methoxy groups -OCH3 is 2. The number of hydrogen-bond acceptors (Lipinski definition) is 4. The number of rotatable bonds is 5. The summed E-state index contributed by atoms with van der Waals surface area (Å²) in [6.45, 7) is 5.28. The number of aliphatic hydroxyl groups is 1. The monoisotopic (exact) mass is 206 g/mol. The molecule has 0 aromatic rings. The van der Waals surface area contributed by atoms with E-state index in [4.69, 9.17) is 10.2 Å². The molecule has 14 heavy (non-hydrogen) atoms. The highest BCUT2D eigenvalue weighted by molar-refractivity contribution is 5.84. The second kappa shape index (κ2) is 10.2. The van der Waals surface area contributed by atoms with Crippen LogP contribution < -0.4 is 0 Å². The van der Waals surface area contributed by atoms with E-state index in [1.165, 1.54) is 6.92 Å². The second-order valence-corrected chi connectivity index (χ2v) is 2.65. The highest BCUT2D eigenvalue weighted by Crippen LogP contribution is 1.82. The maximum absolute atomic E-state index is 9.60. The van der Waals surface area contributed by atoms with E-state index in [-0.39, 0.29) is 5.57 Å². The summed E-state index contributed by atoms with van der Waals surface area (Å²) in [4.78, 5) is 9.60. The average molecular weight is 206 g/mol. The third-order valence-electron chi connectivity index (χ3n) is 1.08. The summed E-state index contributed by atoms with van der Waals surface area (Å²) >= 11 is 0. The number of carboxylic acid groups (broad SMARTS) is 1. The van der Waals surface area contributed by atoms with Crippen LogP contribution in [-0.2, 0) is 14.3 Å². The predicted octanol–water partition coefficient (Wildman–Crippen LogP) is 0.287. The van der Waals surface area contributed by atoms with Crippen LogP contribution in [0.15, 0.2) is 12.2 Å². The van der Waals surface area contributed by atoms with E-state index >= 15 is 0 Å². The number of hydrogen-bond donors (Lipinski definition) is 2. The van der Waals surface area contributed by atoms with Crippen LogP contribution in [0.5, 0.6) is 0 Å². The minimum atomic E-state index is -0.935. The molecule has 0 radical (unpaired) electrons. The van der Waals surface area contributed by atoms with E-state index in [0.29, 0.717) is 13.2 Å². The number of carboxylic acids is 1. The zero-order valence-corrected chi connectivity index (χ0v) is 8.82. The van der Waals surface area contributed by atoms with Crippen molar-refractivity contribution in [2.45, 2.75) is 13.0 Å². The lowest BCUT2D eigenvalue weighted by atomic mass is 10.4. The number of aliphatic carboxylic acids is 1. The van der Waals surface area contributed by atoms with Crippen LogP contribution in [0.1, 0.15) is 6.92 Å². The Hall–Kier alpha value is -0.910. The van der Waals surface area contributed by atoms with Crippen LogP contribution in [0.2, 0.25) is 0 Å². The van der Waals surface area contributed by atoms with E-state index in [1.54, 1.807) is 14.2 Å². The van der Waals surface area contributed by atoms with Crippen molar-refractivity contribution in [2.75, 3.05) is 27.4 Å². The van der Waals surface area contributed by atoms with Crippen molar-refractivity contribution in [1.82, 2.24) is 0 Å². The van der Waals surface area contributed by atoms with Crippen LogP contribution in [0.3, 0.4) is 0 Å². The summed E-state index contributed by atoms with van der Waals surface area (Å²) in [5.41, 5.74) is 0.176. The molecular formula is C9H18O5. The zero-order chi connectivity index (χ0) is 11.6. The minimum Gasteiger partial charge on any atom is -0.478 e. The average Bonchev–Trinajstić information content (AvgIpc) is 2.06. The Bertz CT molecular complexity index is 149. The second-order valence-electron chi connectivity index (χ2n) is 2.65. The molecule has 2 N–H and O–H groups in total. The molecule has 5 nitrogen and oxygen atoms in total. The molecule has 0 bridgehead atoms. The predicted molar refractivity (Wildman–Crippen MR) is 52.2 cm³/mol. The van der Waals surface area contributed by atoms with Crippen molar-refractivity contribution in [3.05, 3.63) is 12.2 Å². The Kier molecular flexibility index (Phi) is 11.3. The lowest BCUT2D eigenvalue weighted by Gasteiger charge is -2.05. The molecule has 0 aliphatic carbocycles. The molecule has 0 fully saturated rings. The van der Waals surface area contributed by atoms with Crippen molar-refractivity contribution >= 4 is 5.97 Å². The Morgan fingerprint density at radius 3 is 1.79 bits per heavy atom. The SMILES string of the molecule is C=C(C)C(=O)O.COCC(O)COC. The van der Waals surface area contributed by atoms with Crippen molar-refractivity contribution in [3.63, 3.8) is 0 Å². The Labute approximate surface area is 84.0 Å². The molecule has 0 aromatic carbocycles. The van der Waals surface area contributed by atoms with Gasteiger partial charge in [-0.2, -0.15) is 0 Å². The lowest BCUT2D eigenvalue weighted by molar-refractivity contribution is -0.132. The standard InChI is InChI=1S/C5H12O3.C4H6O2/c1-7-3-5(6)4-8-2;1-3(2)4(5)6/h5-6H,3-4H2,1-2H3;1H2,2H3,(H,5,6). The van der Waals surface area contributed by atoms with Crippen LogP contribution in [0, 0.1) is 0 Å². The molecule has 0 rings (SSSR count). The molecule has 0 unspecified atom stereocenters. The van der Waals surface area contributed by atoms with Gasteiger partial charge in [-0.1, -0.05) is 6.58 Å². The fraction of sp³-hybridized carbons (Fsp3) is 0.667. The molecule has 5 heteroatoms. The third kappa shape index (κ3) is 13.7. The lowest BCUT2D eigenvalue weighted by Crippen LogP contribution is -2.19. The third-order valence-corrected chi connectivity index (χ3v) is 1.08. The molecule has 0 atom stereocenters. The first kappa shape index (κ1) is 15.6. The number of ether oxygens (including phenoxy) is 2.